The Morgan fingerprint density at radius 2 is 2.05 bits per heavy atom. The molecular formula is C14H24N4O3S. The zero-order chi connectivity index (χ0) is 16.9. The summed E-state index contributed by atoms with van der Waals surface area (Å²) in [5, 5.41) is 20.4. The van der Waals surface area contributed by atoms with Gasteiger partial charge in [-0.2, -0.15) is 0 Å². The average molecular weight is 328 g/mol. The summed E-state index contributed by atoms with van der Waals surface area (Å²) in [5.74, 6) is -0.950. The summed E-state index contributed by atoms with van der Waals surface area (Å²) in [6, 6.07) is 0.216. The van der Waals surface area contributed by atoms with Crippen LogP contribution >= 0.6 is 11.8 Å². The Morgan fingerprint density at radius 3 is 2.55 bits per heavy atom. The lowest BCUT2D eigenvalue weighted by molar-refractivity contribution is -0.139. The highest BCUT2D eigenvalue weighted by molar-refractivity contribution is 7.99. The van der Waals surface area contributed by atoms with Crippen molar-refractivity contribution in [2.75, 3.05) is 5.75 Å². The van der Waals surface area contributed by atoms with Crippen molar-refractivity contribution >= 4 is 23.6 Å². The van der Waals surface area contributed by atoms with Gasteiger partial charge in [0.1, 0.15) is 6.33 Å². The van der Waals surface area contributed by atoms with E-state index in [2.05, 4.69) is 15.5 Å². The van der Waals surface area contributed by atoms with E-state index in [1.165, 1.54) is 11.8 Å². The molecular weight excluding hydrogens is 304 g/mol. The maximum atomic E-state index is 12.1. The molecule has 0 spiro atoms. The van der Waals surface area contributed by atoms with Gasteiger partial charge in [-0.1, -0.05) is 25.6 Å². The predicted octanol–water partition coefficient (Wildman–Crippen LogP) is 1.96. The second-order valence-corrected chi connectivity index (χ2v) is 7.04. The number of carboxylic acids is 1. The minimum atomic E-state index is -0.927. The van der Waals surface area contributed by atoms with Crippen LogP contribution in [0.5, 0.6) is 0 Å². The van der Waals surface area contributed by atoms with Gasteiger partial charge in [0.15, 0.2) is 5.16 Å². The van der Waals surface area contributed by atoms with E-state index >= 15 is 0 Å². The van der Waals surface area contributed by atoms with E-state index in [0.717, 1.165) is 0 Å². The van der Waals surface area contributed by atoms with Crippen LogP contribution in [0.15, 0.2) is 11.5 Å². The lowest BCUT2D eigenvalue weighted by Crippen LogP contribution is -2.51. The Hall–Kier alpha value is -1.57. The van der Waals surface area contributed by atoms with Crippen molar-refractivity contribution in [2.24, 2.45) is 5.92 Å². The Morgan fingerprint density at radius 1 is 1.41 bits per heavy atom. The standard InChI is InChI=1S/C14H24N4O3S/c1-9(2)14(5,6-12(20)21)16-11(19)7-22-13-17-15-8-18(13)10(3)4/h8-10H,6-7H2,1-5H3,(H,16,19)(H,20,21). The molecule has 124 valence electrons. The smallest absolute Gasteiger partial charge is 0.305 e. The molecule has 0 radical (unpaired) electrons. The summed E-state index contributed by atoms with van der Waals surface area (Å²) in [6.45, 7) is 9.56. The summed E-state index contributed by atoms with van der Waals surface area (Å²) in [7, 11) is 0. The number of aliphatic carboxylic acids is 1. The SMILES string of the molecule is CC(C)n1cnnc1SCC(=O)NC(C)(CC(=O)O)C(C)C. The second kappa shape index (κ2) is 7.62. The van der Waals surface area contributed by atoms with E-state index in [4.69, 9.17) is 5.11 Å². The van der Waals surface area contributed by atoms with Gasteiger partial charge in [-0.15, -0.1) is 10.2 Å². The molecule has 0 fully saturated rings. The van der Waals surface area contributed by atoms with Crippen molar-refractivity contribution in [3.8, 4) is 0 Å². The second-order valence-electron chi connectivity index (χ2n) is 6.09. The first kappa shape index (κ1) is 18.5. The van der Waals surface area contributed by atoms with E-state index in [1.807, 2.05) is 32.3 Å². The van der Waals surface area contributed by atoms with E-state index in [9.17, 15) is 9.59 Å². The first-order chi connectivity index (χ1) is 10.2. The molecule has 0 saturated carbocycles. The van der Waals surface area contributed by atoms with Crippen LogP contribution in [0, 0.1) is 5.92 Å². The van der Waals surface area contributed by atoms with Crippen LogP contribution in [-0.4, -0.2) is 43.0 Å². The molecule has 0 saturated heterocycles. The first-order valence-electron chi connectivity index (χ1n) is 7.21. The molecule has 0 aliphatic carbocycles. The molecule has 1 rings (SSSR count). The number of nitrogens with one attached hydrogen (secondary N) is 1. The van der Waals surface area contributed by atoms with Gasteiger partial charge >= 0.3 is 5.97 Å². The van der Waals surface area contributed by atoms with Crippen molar-refractivity contribution in [1.29, 1.82) is 0 Å². The first-order valence-corrected chi connectivity index (χ1v) is 8.19. The number of nitrogens with zero attached hydrogens (tertiary/aromatic N) is 3. The van der Waals surface area contributed by atoms with Crippen LogP contribution in [0.1, 0.15) is 47.1 Å². The van der Waals surface area contributed by atoms with Crippen LogP contribution in [0.25, 0.3) is 0 Å². The number of hydrogen-bond donors (Lipinski definition) is 2. The molecule has 1 atom stereocenters. The highest BCUT2D eigenvalue weighted by Crippen LogP contribution is 2.22. The summed E-state index contributed by atoms with van der Waals surface area (Å²) in [5.41, 5.74) is -0.769. The normalized spacial score (nSPS) is 14.1. The van der Waals surface area contributed by atoms with Crippen molar-refractivity contribution in [3.05, 3.63) is 6.33 Å². The van der Waals surface area contributed by atoms with Crippen molar-refractivity contribution in [2.45, 2.75) is 57.8 Å². The van der Waals surface area contributed by atoms with E-state index < -0.39 is 11.5 Å². The minimum absolute atomic E-state index is 0.0110. The number of carboxylic acid groups (broad SMARTS) is 1. The van der Waals surface area contributed by atoms with Gasteiger partial charge in [0, 0.05) is 11.6 Å². The predicted molar refractivity (Wildman–Crippen MR) is 84.8 cm³/mol. The van der Waals surface area contributed by atoms with E-state index in [1.54, 1.807) is 13.3 Å². The summed E-state index contributed by atoms with van der Waals surface area (Å²) < 4.78 is 1.89. The zero-order valence-electron chi connectivity index (χ0n) is 13.7. The number of carbonyl (C=O) groups excluding carboxylic acids is 1. The third-order valence-corrected chi connectivity index (χ3v) is 4.60. The fourth-order valence-corrected chi connectivity index (χ4v) is 2.73. The Balaban J connectivity index is 2.65. The number of aromatic nitrogens is 3. The number of rotatable bonds is 8. The van der Waals surface area contributed by atoms with Gasteiger partial charge in [-0.3, -0.25) is 9.59 Å². The van der Waals surface area contributed by atoms with Crippen molar-refractivity contribution in [3.63, 3.8) is 0 Å². The number of amides is 1. The third kappa shape index (κ3) is 5.01. The van der Waals surface area contributed by atoms with Gasteiger partial charge < -0.3 is 15.0 Å². The lowest BCUT2D eigenvalue weighted by atomic mass is 9.85. The Bertz CT molecular complexity index is 530. The molecule has 22 heavy (non-hydrogen) atoms. The molecule has 1 amide bonds. The van der Waals surface area contributed by atoms with Gasteiger partial charge in [0.2, 0.25) is 5.91 Å². The molecule has 7 nitrogen and oxygen atoms in total. The summed E-state index contributed by atoms with van der Waals surface area (Å²) in [6.07, 6.45) is 1.52. The number of thioether (sulfide) groups is 1. The van der Waals surface area contributed by atoms with Crippen LogP contribution < -0.4 is 5.32 Å². The van der Waals surface area contributed by atoms with Crippen LogP contribution in [0.3, 0.4) is 0 Å². The molecule has 8 heteroatoms. The maximum absolute atomic E-state index is 12.1. The fourth-order valence-electron chi connectivity index (χ4n) is 1.88. The maximum Gasteiger partial charge on any atom is 0.305 e. The van der Waals surface area contributed by atoms with Crippen molar-refractivity contribution in [1.82, 2.24) is 20.1 Å². The molecule has 0 aromatic carbocycles. The molecule has 0 aliphatic rings. The third-order valence-electron chi connectivity index (χ3n) is 3.65. The highest BCUT2D eigenvalue weighted by Gasteiger charge is 2.32. The summed E-state index contributed by atoms with van der Waals surface area (Å²) >= 11 is 1.29. The van der Waals surface area contributed by atoms with Gasteiger partial charge in [0.25, 0.3) is 0 Å². The molecule has 1 unspecified atom stereocenters. The van der Waals surface area contributed by atoms with Gasteiger partial charge in [-0.25, -0.2) is 0 Å². The van der Waals surface area contributed by atoms with Crippen molar-refractivity contribution < 1.29 is 14.7 Å². The van der Waals surface area contributed by atoms with Crippen LogP contribution in [0.2, 0.25) is 0 Å². The number of hydrogen-bond acceptors (Lipinski definition) is 5. The molecule has 0 aliphatic heterocycles. The topological polar surface area (TPSA) is 97.1 Å². The monoisotopic (exact) mass is 328 g/mol. The van der Waals surface area contributed by atoms with Gasteiger partial charge in [0.05, 0.1) is 12.2 Å². The highest BCUT2D eigenvalue weighted by atomic mass is 32.2. The zero-order valence-corrected chi connectivity index (χ0v) is 14.5. The largest absolute Gasteiger partial charge is 0.481 e. The average Bonchev–Trinajstić information content (AvgIpc) is 2.83. The Kier molecular flexibility index (Phi) is 6.40. The van der Waals surface area contributed by atoms with E-state index in [0.29, 0.717) is 5.16 Å². The molecule has 0 bridgehead atoms. The van der Waals surface area contributed by atoms with Crippen LogP contribution in [-0.2, 0) is 9.59 Å². The molecule has 2 N–H and O–H groups in total. The van der Waals surface area contributed by atoms with Crippen LogP contribution in [0.4, 0.5) is 0 Å². The summed E-state index contributed by atoms with van der Waals surface area (Å²) in [4.78, 5) is 23.1. The molecule has 1 aromatic rings. The minimum Gasteiger partial charge on any atom is -0.481 e. The quantitative estimate of drug-likeness (QED) is 0.708. The Labute approximate surface area is 134 Å². The van der Waals surface area contributed by atoms with E-state index in [-0.39, 0.29) is 30.0 Å². The fraction of sp³-hybridized carbons (Fsp3) is 0.714. The number of carbonyl (C=O) groups is 2. The molecule has 1 aromatic heterocycles. The molecule has 1 heterocycles. The lowest BCUT2D eigenvalue weighted by Gasteiger charge is -2.33. The van der Waals surface area contributed by atoms with Gasteiger partial charge in [-0.05, 0) is 26.7 Å².